The van der Waals surface area contributed by atoms with Gasteiger partial charge in [0.25, 0.3) is 5.91 Å². The molecule has 1 aromatic carbocycles. The molecule has 0 saturated carbocycles. The van der Waals surface area contributed by atoms with Crippen molar-refractivity contribution < 1.29 is 18.7 Å². The van der Waals surface area contributed by atoms with E-state index in [0.717, 1.165) is 12.8 Å². The van der Waals surface area contributed by atoms with E-state index in [9.17, 15) is 4.79 Å². The number of nitrogen functional groups attached to an aromatic ring is 1. The Labute approximate surface area is 202 Å². The highest BCUT2D eigenvalue weighted by molar-refractivity contribution is 6.31. The first kappa shape index (κ1) is 24.2. The van der Waals surface area contributed by atoms with E-state index in [2.05, 4.69) is 10.3 Å². The van der Waals surface area contributed by atoms with Crippen LogP contribution in [-0.2, 0) is 4.74 Å². The first-order valence-electron chi connectivity index (χ1n) is 11.3. The van der Waals surface area contributed by atoms with Crippen molar-refractivity contribution >= 4 is 28.8 Å². The summed E-state index contributed by atoms with van der Waals surface area (Å²) in [5, 5.41) is 2.71. The molecular weight excluding hydrogens is 461 g/mol. The van der Waals surface area contributed by atoms with E-state index in [-0.39, 0.29) is 28.5 Å². The Kier molecular flexibility index (Phi) is 6.95. The van der Waals surface area contributed by atoms with Gasteiger partial charge in [-0.05, 0) is 39.7 Å². The molecule has 3 aromatic rings. The third-order valence-electron chi connectivity index (χ3n) is 5.92. The fourth-order valence-electron chi connectivity index (χ4n) is 4.34. The van der Waals surface area contributed by atoms with Crippen molar-refractivity contribution in [3.8, 4) is 5.75 Å². The first-order valence-corrected chi connectivity index (χ1v) is 11.7. The zero-order valence-electron chi connectivity index (χ0n) is 19.7. The van der Waals surface area contributed by atoms with Crippen LogP contribution in [-0.4, -0.2) is 45.6 Å². The molecule has 4 rings (SSSR count). The minimum absolute atomic E-state index is 0.148. The molecule has 3 N–H and O–H groups in total. The lowest BCUT2D eigenvalue weighted by Crippen LogP contribution is -2.41. The molecule has 1 amide bonds. The zero-order valence-corrected chi connectivity index (χ0v) is 20.4. The van der Waals surface area contributed by atoms with Crippen molar-refractivity contribution in [2.45, 2.75) is 58.6 Å². The van der Waals surface area contributed by atoms with Gasteiger partial charge in [0.1, 0.15) is 28.5 Å². The van der Waals surface area contributed by atoms with E-state index in [4.69, 9.17) is 31.8 Å². The van der Waals surface area contributed by atoms with Gasteiger partial charge in [-0.1, -0.05) is 18.5 Å². The molecule has 1 saturated heterocycles. The standard InChI is InChI=1S/C24H29ClFN5O3/c1-12(2)34-21-16(13(3)23-29-14(4)20-22(27)28-7-8-31(20)23)10-17(25)19(26)18(21)24(32)30-15-6-5-9-33-11-15/h7-8,10,12-13,15H,5-6,9,11H2,1-4H3,(H2,27,28)(H,30,32)/t13?,15-/m0/s1. The van der Waals surface area contributed by atoms with Crippen molar-refractivity contribution in [1.29, 1.82) is 0 Å². The second-order valence-corrected chi connectivity index (χ2v) is 9.24. The summed E-state index contributed by atoms with van der Waals surface area (Å²) >= 11 is 6.30. The molecular formula is C24H29ClFN5O3. The highest BCUT2D eigenvalue weighted by atomic mass is 35.5. The number of hydrogen-bond acceptors (Lipinski definition) is 6. The quantitative estimate of drug-likeness (QED) is 0.536. The predicted molar refractivity (Wildman–Crippen MR) is 128 cm³/mol. The topological polar surface area (TPSA) is 104 Å². The average molecular weight is 490 g/mol. The lowest BCUT2D eigenvalue weighted by atomic mass is 9.95. The number of rotatable bonds is 6. The summed E-state index contributed by atoms with van der Waals surface area (Å²) in [4.78, 5) is 22.1. The van der Waals surface area contributed by atoms with Crippen LogP contribution in [0.1, 0.15) is 67.0 Å². The number of benzene rings is 1. The van der Waals surface area contributed by atoms with Crippen LogP contribution >= 0.6 is 11.6 Å². The molecule has 1 unspecified atom stereocenters. The van der Waals surface area contributed by atoms with E-state index in [1.165, 1.54) is 6.07 Å². The van der Waals surface area contributed by atoms with Gasteiger partial charge in [0.15, 0.2) is 5.82 Å². The number of imidazole rings is 1. The van der Waals surface area contributed by atoms with Gasteiger partial charge in [-0.3, -0.25) is 9.20 Å². The van der Waals surface area contributed by atoms with Crippen LogP contribution in [0.4, 0.5) is 10.2 Å². The van der Waals surface area contributed by atoms with E-state index in [1.54, 1.807) is 12.4 Å². The van der Waals surface area contributed by atoms with Crippen LogP contribution in [0.15, 0.2) is 18.5 Å². The number of halogens is 2. The summed E-state index contributed by atoms with van der Waals surface area (Å²) in [5.41, 5.74) is 7.81. The summed E-state index contributed by atoms with van der Waals surface area (Å²) in [6.45, 7) is 8.42. The van der Waals surface area contributed by atoms with Crippen LogP contribution in [0.3, 0.4) is 0 Å². The number of anilines is 1. The monoisotopic (exact) mass is 489 g/mol. The van der Waals surface area contributed by atoms with Crippen molar-refractivity contribution in [2.24, 2.45) is 0 Å². The van der Waals surface area contributed by atoms with Gasteiger partial charge in [-0.15, -0.1) is 0 Å². The molecule has 0 spiro atoms. The van der Waals surface area contributed by atoms with Gasteiger partial charge in [-0.25, -0.2) is 14.4 Å². The molecule has 8 nitrogen and oxygen atoms in total. The molecule has 1 aliphatic rings. The molecule has 0 bridgehead atoms. The summed E-state index contributed by atoms with van der Waals surface area (Å²) < 4.78 is 28.7. The number of carbonyl (C=O) groups is 1. The van der Waals surface area contributed by atoms with Gasteiger partial charge in [0, 0.05) is 30.5 Å². The molecule has 0 aliphatic carbocycles. The molecule has 2 aromatic heterocycles. The molecule has 0 radical (unpaired) electrons. The molecule has 182 valence electrons. The third-order valence-corrected chi connectivity index (χ3v) is 6.19. The molecule has 1 aliphatic heterocycles. The van der Waals surface area contributed by atoms with Crippen molar-refractivity contribution in [3.05, 3.63) is 51.9 Å². The lowest BCUT2D eigenvalue weighted by Gasteiger charge is -2.26. The molecule has 1 fully saturated rings. The van der Waals surface area contributed by atoms with Crippen molar-refractivity contribution in [3.63, 3.8) is 0 Å². The fraction of sp³-hybridized carbons (Fsp3) is 0.458. The molecule has 3 heterocycles. The number of ether oxygens (including phenoxy) is 2. The third kappa shape index (κ3) is 4.54. The summed E-state index contributed by atoms with van der Waals surface area (Å²) in [7, 11) is 0. The van der Waals surface area contributed by atoms with Crippen molar-refractivity contribution in [1.82, 2.24) is 19.7 Å². The van der Waals surface area contributed by atoms with Crippen LogP contribution < -0.4 is 15.8 Å². The summed E-state index contributed by atoms with van der Waals surface area (Å²) in [5.74, 6) is -0.659. The first-order chi connectivity index (χ1) is 16.2. The maximum atomic E-state index is 15.3. The summed E-state index contributed by atoms with van der Waals surface area (Å²) in [6, 6.07) is 1.29. The van der Waals surface area contributed by atoms with Crippen LogP contribution in [0.2, 0.25) is 5.02 Å². The van der Waals surface area contributed by atoms with Crippen LogP contribution in [0.25, 0.3) is 5.52 Å². The Hall–Kier alpha value is -2.91. The molecule has 10 heteroatoms. The van der Waals surface area contributed by atoms with E-state index in [1.807, 2.05) is 32.1 Å². The number of aromatic nitrogens is 3. The Bertz CT molecular complexity index is 1220. The highest BCUT2D eigenvalue weighted by Crippen LogP contribution is 2.40. The maximum Gasteiger partial charge on any atom is 0.258 e. The smallest absolute Gasteiger partial charge is 0.258 e. The van der Waals surface area contributed by atoms with E-state index < -0.39 is 17.6 Å². The van der Waals surface area contributed by atoms with Gasteiger partial charge in [0.2, 0.25) is 0 Å². The zero-order chi connectivity index (χ0) is 24.6. The average Bonchev–Trinajstić information content (AvgIpc) is 3.13. The Morgan fingerprint density at radius 1 is 1.41 bits per heavy atom. The highest BCUT2D eigenvalue weighted by Gasteiger charge is 2.31. The minimum Gasteiger partial charge on any atom is -0.490 e. The molecule has 34 heavy (non-hydrogen) atoms. The number of nitrogens with two attached hydrogens (primary N) is 1. The van der Waals surface area contributed by atoms with Crippen LogP contribution in [0, 0.1) is 12.7 Å². The SMILES string of the molecule is Cc1nc(C(C)c2cc(Cl)c(F)c(C(=O)N[C@H]3CCCOC3)c2OC(C)C)n2ccnc(N)c12. The van der Waals surface area contributed by atoms with Gasteiger partial charge in [-0.2, -0.15) is 0 Å². The molecule has 2 atom stereocenters. The van der Waals surface area contributed by atoms with Crippen molar-refractivity contribution in [2.75, 3.05) is 18.9 Å². The fourth-order valence-corrected chi connectivity index (χ4v) is 4.55. The van der Waals surface area contributed by atoms with Gasteiger partial charge < -0.3 is 20.5 Å². The second-order valence-electron chi connectivity index (χ2n) is 8.83. The second kappa shape index (κ2) is 9.76. The Morgan fingerprint density at radius 2 is 2.18 bits per heavy atom. The van der Waals surface area contributed by atoms with E-state index >= 15 is 4.39 Å². The normalized spacial score (nSPS) is 17.2. The minimum atomic E-state index is -0.819. The maximum absolute atomic E-state index is 15.3. The number of amides is 1. The lowest BCUT2D eigenvalue weighted by molar-refractivity contribution is 0.0620. The Morgan fingerprint density at radius 3 is 2.85 bits per heavy atom. The predicted octanol–water partition coefficient (Wildman–Crippen LogP) is 4.26. The van der Waals surface area contributed by atoms with Gasteiger partial charge in [0.05, 0.1) is 29.5 Å². The largest absolute Gasteiger partial charge is 0.490 e. The number of nitrogens with one attached hydrogen (secondary N) is 1. The van der Waals surface area contributed by atoms with E-state index in [0.29, 0.717) is 41.6 Å². The van der Waals surface area contributed by atoms with Crippen LogP contribution in [0.5, 0.6) is 5.75 Å². The number of nitrogens with zero attached hydrogens (tertiary/aromatic N) is 3. The number of hydrogen-bond donors (Lipinski definition) is 2. The number of aryl methyl sites for hydroxylation is 1. The number of carbonyl (C=O) groups excluding carboxylic acids is 1. The summed E-state index contributed by atoms with van der Waals surface area (Å²) in [6.07, 6.45) is 4.63. The Balaban J connectivity index is 1.84. The number of fused-ring (bicyclic) bond motifs is 1. The van der Waals surface area contributed by atoms with Gasteiger partial charge >= 0.3 is 0 Å².